The van der Waals surface area contributed by atoms with Gasteiger partial charge in [0.1, 0.15) is 5.75 Å². The summed E-state index contributed by atoms with van der Waals surface area (Å²) in [6.07, 6.45) is 3.39. The average molecular weight is 287 g/mol. The molecule has 1 aliphatic heterocycles. The molecule has 0 bridgehead atoms. The molecule has 2 heterocycles. The van der Waals surface area contributed by atoms with Gasteiger partial charge < -0.3 is 10.1 Å². The molecule has 0 saturated heterocycles. The van der Waals surface area contributed by atoms with Crippen molar-refractivity contribution < 1.29 is 9.53 Å². The molecule has 0 atom stereocenters. The fraction of sp³-hybridized carbons (Fsp3) is 0.312. The Hall–Kier alpha value is -1.81. The number of thiophene rings is 1. The molecule has 2 aromatic rings. The summed E-state index contributed by atoms with van der Waals surface area (Å²) in [5.41, 5.74) is 2.05. The molecular formula is C16H17NO2S. The highest BCUT2D eigenvalue weighted by Crippen LogP contribution is 2.27. The van der Waals surface area contributed by atoms with E-state index in [9.17, 15) is 4.79 Å². The molecule has 0 fully saturated rings. The van der Waals surface area contributed by atoms with Crippen LogP contribution in [0.1, 0.15) is 23.3 Å². The largest absolute Gasteiger partial charge is 0.493 e. The Morgan fingerprint density at radius 1 is 1.35 bits per heavy atom. The van der Waals surface area contributed by atoms with Crippen molar-refractivity contribution in [3.63, 3.8) is 0 Å². The predicted molar refractivity (Wildman–Crippen MR) is 81.5 cm³/mol. The number of fused-ring (bicyclic) bond motifs is 1. The quantitative estimate of drug-likeness (QED) is 0.932. The van der Waals surface area contributed by atoms with Crippen LogP contribution in [0.5, 0.6) is 5.75 Å². The summed E-state index contributed by atoms with van der Waals surface area (Å²) in [6, 6.07) is 9.96. The molecule has 104 valence electrons. The van der Waals surface area contributed by atoms with Crippen molar-refractivity contribution in [2.75, 3.05) is 11.9 Å². The van der Waals surface area contributed by atoms with Gasteiger partial charge >= 0.3 is 0 Å². The van der Waals surface area contributed by atoms with Gasteiger partial charge in [-0.2, -0.15) is 0 Å². The van der Waals surface area contributed by atoms with Gasteiger partial charge in [-0.3, -0.25) is 4.79 Å². The molecule has 0 unspecified atom stereocenters. The molecule has 4 heteroatoms. The fourth-order valence-electron chi connectivity index (χ4n) is 2.35. The molecular weight excluding hydrogens is 270 g/mol. The van der Waals surface area contributed by atoms with Gasteiger partial charge in [0.25, 0.3) is 0 Å². The highest BCUT2D eigenvalue weighted by molar-refractivity contribution is 7.09. The van der Waals surface area contributed by atoms with Gasteiger partial charge in [0, 0.05) is 17.0 Å². The third-order valence-electron chi connectivity index (χ3n) is 3.37. The number of amides is 1. The second kappa shape index (κ2) is 6.09. The number of carbonyl (C=O) groups is 1. The van der Waals surface area contributed by atoms with Gasteiger partial charge in [0.05, 0.1) is 6.61 Å². The number of nitrogens with one attached hydrogen (secondary N) is 1. The van der Waals surface area contributed by atoms with Gasteiger partial charge in [-0.05, 0) is 54.5 Å². The van der Waals surface area contributed by atoms with E-state index in [-0.39, 0.29) is 5.91 Å². The second-order valence-corrected chi connectivity index (χ2v) is 5.93. The van der Waals surface area contributed by atoms with Crippen molar-refractivity contribution in [3.8, 4) is 5.75 Å². The van der Waals surface area contributed by atoms with Crippen LogP contribution >= 0.6 is 11.3 Å². The van der Waals surface area contributed by atoms with Crippen LogP contribution in [-0.2, 0) is 17.6 Å². The second-order valence-electron chi connectivity index (χ2n) is 4.90. The zero-order valence-corrected chi connectivity index (χ0v) is 12.0. The topological polar surface area (TPSA) is 38.3 Å². The molecule has 3 rings (SSSR count). The smallest absolute Gasteiger partial charge is 0.224 e. The zero-order chi connectivity index (χ0) is 13.8. The molecule has 1 aromatic heterocycles. The lowest BCUT2D eigenvalue weighted by Gasteiger charge is -2.18. The van der Waals surface area contributed by atoms with Crippen LogP contribution in [0.25, 0.3) is 0 Å². The van der Waals surface area contributed by atoms with Gasteiger partial charge in [0.15, 0.2) is 0 Å². The van der Waals surface area contributed by atoms with E-state index in [1.165, 1.54) is 10.4 Å². The number of anilines is 1. The van der Waals surface area contributed by atoms with Crippen molar-refractivity contribution in [2.24, 2.45) is 0 Å². The van der Waals surface area contributed by atoms with E-state index in [0.717, 1.165) is 37.3 Å². The van der Waals surface area contributed by atoms with Crippen molar-refractivity contribution in [3.05, 3.63) is 46.2 Å². The number of hydrogen-bond acceptors (Lipinski definition) is 3. The number of hydrogen-bond donors (Lipinski definition) is 1. The van der Waals surface area contributed by atoms with E-state index in [0.29, 0.717) is 6.42 Å². The van der Waals surface area contributed by atoms with Crippen molar-refractivity contribution in [1.29, 1.82) is 0 Å². The first-order valence-corrected chi connectivity index (χ1v) is 7.77. The summed E-state index contributed by atoms with van der Waals surface area (Å²) in [7, 11) is 0. The summed E-state index contributed by atoms with van der Waals surface area (Å²) >= 11 is 1.69. The van der Waals surface area contributed by atoms with Gasteiger partial charge in [-0.25, -0.2) is 0 Å². The summed E-state index contributed by atoms with van der Waals surface area (Å²) < 4.78 is 5.57. The molecule has 1 aliphatic rings. The fourth-order valence-corrected chi connectivity index (χ4v) is 3.06. The third-order valence-corrected chi connectivity index (χ3v) is 4.31. The number of carbonyl (C=O) groups excluding carboxylic acids is 1. The molecule has 0 saturated carbocycles. The van der Waals surface area contributed by atoms with Crippen LogP contribution in [-0.4, -0.2) is 12.5 Å². The monoisotopic (exact) mass is 287 g/mol. The minimum atomic E-state index is 0.0649. The van der Waals surface area contributed by atoms with Crippen LogP contribution in [0.4, 0.5) is 5.69 Å². The normalized spacial score (nSPS) is 13.4. The molecule has 20 heavy (non-hydrogen) atoms. The Bertz CT molecular complexity index is 593. The van der Waals surface area contributed by atoms with Crippen molar-refractivity contribution >= 4 is 22.9 Å². The summed E-state index contributed by atoms with van der Waals surface area (Å²) in [5.74, 6) is 1.02. The Balaban J connectivity index is 1.58. The molecule has 0 spiro atoms. The first-order chi connectivity index (χ1) is 9.81. The van der Waals surface area contributed by atoms with Crippen molar-refractivity contribution in [1.82, 2.24) is 0 Å². The Morgan fingerprint density at radius 2 is 2.30 bits per heavy atom. The Morgan fingerprint density at radius 3 is 3.15 bits per heavy atom. The average Bonchev–Trinajstić information content (AvgIpc) is 2.98. The molecule has 1 N–H and O–H groups in total. The van der Waals surface area contributed by atoms with E-state index in [4.69, 9.17) is 4.74 Å². The zero-order valence-electron chi connectivity index (χ0n) is 11.2. The highest BCUT2D eigenvalue weighted by Gasteiger charge is 2.11. The molecule has 1 amide bonds. The predicted octanol–water partition coefficient (Wildman–Crippen LogP) is 3.64. The van der Waals surface area contributed by atoms with Crippen LogP contribution in [0.3, 0.4) is 0 Å². The maximum Gasteiger partial charge on any atom is 0.224 e. The van der Waals surface area contributed by atoms with E-state index in [1.807, 2.05) is 29.6 Å². The van der Waals surface area contributed by atoms with Crippen LogP contribution in [0.15, 0.2) is 35.7 Å². The third kappa shape index (κ3) is 3.20. The lowest BCUT2D eigenvalue weighted by atomic mass is 10.1. The van der Waals surface area contributed by atoms with Gasteiger partial charge in [0.2, 0.25) is 5.91 Å². The number of aryl methyl sites for hydroxylation is 2. The van der Waals surface area contributed by atoms with Crippen LogP contribution < -0.4 is 10.1 Å². The van der Waals surface area contributed by atoms with Gasteiger partial charge in [-0.1, -0.05) is 6.07 Å². The number of rotatable bonds is 4. The number of ether oxygens (including phenoxy) is 1. The van der Waals surface area contributed by atoms with Crippen molar-refractivity contribution in [2.45, 2.75) is 25.7 Å². The van der Waals surface area contributed by atoms with Gasteiger partial charge in [-0.15, -0.1) is 11.3 Å². The Labute approximate surface area is 122 Å². The minimum absolute atomic E-state index is 0.0649. The van der Waals surface area contributed by atoms with Crippen LogP contribution in [0, 0.1) is 0 Å². The minimum Gasteiger partial charge on any atom is -0.493 e. The molecule has 0 aliphatic carbocycles. The van der Waals surface area contributed by atoms with E-state index in [2.05, 4.69) is 11.4 Å². The van der Waals surface area contributed by atoms with E-state index in [1.54, 1.807) is 11.3 Å². The lowest BCUT2D eigenvalue weighted by Crippen LogP contribution is -2.13. The molecule has 3 nitrogen and oxygen atoms in total. The first kappa shape index (κ1) is 13.2. The Kier molecular flexibility index (Phi) is 4.02. The molecule has 0 radical (unpaired) electrons. The summed E-state index contributed by atoms with van der Waals surface area (Å²) in [6.45, 7) is 0.791. The SMILES string of the molecule is O=C(CCc1cccs1)Nc1ccc2c(c1)CCCO2. The van der Waals surface area contributed by atoms with E-state index < -0.39 is 0 Å². The first-order valence-electron chi connectivity index (χ1n) is 6.89. The summed E-state index contributed by atoms with van der Waals surface area (Å²) in [4.78, 5) is 13.2. The maximum atomic E-state index is 11.9. The van der Waals surface area contributed by atoms with Crippen LogP contribution in [0.2, 0.25) is 0 Å². The standard InChI is InChI=1S/C16H17NO2S/c18-16(8-6-14-4-2-10-20-14)17-13-5-7-15-12(11-13)3-1-9-19-15/h2,4-5,7,10-11H,1,3,6,8-9H2,(H,17,18). The highest BCUT2D eigenvalue weighted by atomic mass is 32.1. The lowest BCUT2D eigenvalue weighted by molar-refractivity contribution is -0.116. The number of benzene rings is 1. The summed E-state index contributed by atoms with van der Waals surface area (Å²) in [5, 5.41) is 5.00. The van der Waals surface area contributed by atoms with E-state index >= 15 is 0 Å². The maximum absolute atomic E-state index is 11.9. The molecule has 1 aromatic carbocycles.